The fourth-order valence-corrected chi connectivity index (χ4v) is 5.11. The van der Waals surface area contributed by atoms with Gasteiger partial charge in [0.15, 0.2) is 9.84 Å². The second kappa shape index (κ2) is 10.3. The Hall–Kier alpha value is -2.33. The van der Waals surface area contributed by atoms with Crippen LogP contribution in [0.2, 0.25) is 15.1 Å². The minimum absolute atomic E-state index is 0.103. The van der Waals surface area contributed by atoms with Crippen LogP contribution in [0.1, 0.15) is 22.1 Å². The SMILES string of the molecule is O=S(=O)(c1ccccc1)[C@H](/C=N\OCc1c(Cl)cccc1Cl)c1ncc(C(F)(F)F)cc1Cl. The molecule has 174 valence electrons. The smallest absolute Gasteiger partial charge is 0.391 e. The van der Waals surface area contributed by atoms with Crippen molar-refractivity contribution in [3.8, 4) is 0 Å². The highest BCUT2D eigenvalue weighted by Crippen LogP contribution is 2.35. The van der Waals surface area contributed by atoms with E-state index in [1.165, 1.54) is 24.3 Å². The van der Waals surface area contributed by atoms with Crippen LogP contribution >= 0.6 is 34.8 Å². The van der Waals surface area contributed by atoms with Gasteiger partial charge in [-0.05, 0) is 30.3 Å². The third kappa shape index (κ3) is 5.97. The maximum absolute atomic E-state index is 13.2. The van der Waals surface area contributed by atoms with E-state index in [9.17, 15) is 21.6 Å². The molecule has 1 aromatic heterocycles. The lowest BCUT2D eigenvalue weighted by molar-refractivity contribution is -0.137. The summed E-state index contributed by atoms with van der Waals surface area (Å²) in [5, 5.41) is 2.20. The molecule has 1 heterocycles. The molecule has 0 aliphatic rings. The largest absolute Gasteiger partial charge is 0.417 e. The van der Waals surface area contributed by atoms with E-state index in [0.29, 0.717) is 27.9 Å². The zero-order valence-corrected chi connectivity index (χ0v) is 19.5. The van der Waals surface area contributed by atoms with Crippen molar-refractivity contribution >= 4 is 50.9 Å². The van der Waals surface area contributed by atoms with Crippen molar-refractivity contribution in [1.29, 1.82) is 0 Å². The summed E-state index contributed by atoms with van der Waals surface area (Å²) in [6.45, 7) is -0.179. The van der Waals surface area contributed by atoms with Crippen molar-refractivity contribution in [3.63, 3.8) is 0 Å². The van der Waals surface area contributed by atoms with Crippen molar-refractivity contribution in [2.24, 2.45) is 5.16 Å². The van der Waals surface area contributed by atoms with Crippen molar-refractivity contribution < 1.29 is 26.4 Å². The summed E-state index contributed by atoms with van der Waals surface area (Å²) in [6.07, 6.45) is -3.30. The van der Waals surface area contributed by atoms with Gasteiger partial charge in [-0.1, -0.05) is 64.2 Å². The van der Waals surface area contributed by atoms with Crippen LogP contribution in [0.5, 0.6) is 0 Å². The molecule has 0 radical (unpaired) electrons. The summed E-state index contributed by atoms with van der Waals surface area (Å²) >= 11 is 18.1. The van der Waals surface area contributed by atoms with Gasteiger partial charge in [-0.2, -0.15) is 13.2 Å². The Kier molecular flexibility index (Phi) is 7.89. The number of alkyl halides is 3. The third-order valence-electron chi connectivity index (χ3n) is 4.41. The molecule has 2 aromatic carbocycles. The number of aromatic nitrogens is 1. The van der Waals surface area contributed by atoms with Gasteiger partial charge in [0.05, 0.1) is 27.4 Å². The summed E-state index contributed by atoms with van der Waals surface area (Å²) in [7, 11) is -4.20. The lowest BCUT2D eigenvalue weighted by Gasteiger charge is -2.16. The van der Waals surface area contributed by atoms with E-state index in [1.54, 1.807) is 24.3 Å². The lowest BCUT2D eigenvalue weighted by atomic mass is 10.2. The summed E-state index contributed by atoms with van der Waals surface area (Å²) in [6, 6.07) is 12.7. The number of hydrogen-bond donors (Lipinski definition) is 0. The molecule has 3 rings (SSSR count). The Morgan fingerprint density at radius 1 is 1.00 bits per heavy atom. The van der Waals surface area contributed by atoms with E-state index >= 15 is 0 Å². The van der Waals surface area contributed by atoms with Gasteiger partial charge >= 0.3 is 6.18 Å². The van der Waals surface area contributed by atoms with Crippen LogP contribution in [0.4, 0.5) is 13.2 Å². The van der Waals surface area contributed by atoms with Gasteiger partial charge in [-0.3, -0.25) is 4.98 Å². The monoisotopic (exact) mass is 536 g/mol. The van der Waals surface area contributed by atoms with E-state index in [4.69, 9.17) is 39.6 Å². The first-order chi connectivity index (χ1) is 15.5. The van der Waals surface area contributed by atoms with Gasteiger partial charge in [0.25, 0.3) is 0 Å². The molecule has 0 unspecified atom stereocenters. The first kappa shape index (κ1) is 25.3. The number of pyridine rings is 1. The number of rotatable bonds is 7. The van der Waals surface area contributed by atoms with Crippen LogP contribution in [0, 0.1) is 0 Å². The van der Waals surface area contributed by atoms with Crippen LogP contribution in [-0.2, 0) is 27.5 Å². The topological polar surface area (TPSA) is 68.6 Å². The molecule has 0 aliphatic carbocycles. The fourth-order valence-electron chi connectivity index (χ4n) is 2.74. The highest BCUT2D eigenvalue weighted by atomic mass is 35.5. The Bertz CT molecular complexity index is 1250. The van der Waals surface area contributed by atoms with Gasteiger partial charge in [-0.25, -0.2) is 8.42 Å². The Balaban J connectivity index is 1.97. The normalized spacial score (nSPS) is 13.3. The molecule has 3 aromatic rings. The predicted molar refractivity (Wildman–Crippen MR) is 120 cm³/mol. The highest BCUT2D eigenvalue weighted by molar-refractivity contribution is 7.92. The molecule has 12 heteroatoms. The minimum atomic E-state index is -4.70. The first-order valence-electron chi connectivity index (χ1n) is 9.11. The third-order valence-corrected chi connectivity index (χ3v) is 7.37. The molecule has 33 heavy (non-hydrogen) atoms. The molecular formula is C21H14Cl3F3N2O3S. The number of benzene rings is 2. The summed E-state index contributed by atoms with van der Waals surface area (Å²) < 4.78 is 65.4. The van der Waals surface area contributed by atoms with E-state index in [0.717, 1.165) is 6.21 Å². The lowest BCUT2D eigenvalue weighted by Crippen LogP contribution is -2.18. The number of hydrogen-bond acceptors (Lipinski definition) is 5. The zero-order valence-electron chi connectivity index (χ0n) is 16.4. The van der Waals surface area contributed by atoms with E-state index in [2.05, 4.69) is 10.1 Å². The number of oxime groups is 1. The second-order valence-corrected chi connectivity index (χ2v) is 9.89. The molecule has 0 bridgehead atoms. The number of sulfone groups is 1. The van der Waals surface area contributed by atoms with Crippen LogP contribution in [0.15, 0.2) is 70.8 Å². The molecule has 0 saturated carbocycles. The quantitative estimate of drug-likeness (QED) is 0.246. The number of nitrogens with zero attached hydrogens (tertiary/aromatic N) is 2. The highest BCUT2D eigenvalue weighted by Gasteiger charge is 2.35. The molecule has 0 amide bonds. The van der Waals surface area contributed by atoms with Crippen LogP contribution in [0.25, 0.3) is 0 Å². The van der Waals surface area contributed by atoms with Gasteiger partial charge in [0.2, 0.25) is 0 Å². The molecule has 5 nitrogen and oxygen atoms in total. The predicted octanol–water partition coefficient (Wildman–Crippen LogP) is 6.78. The van der Waals surface area contributed by atoms with Gasteiger partial charge in [0, 0.05) is 21.8 Å². The molecule has 0 spiro atoms. The molecule has 0 fully saturated rings. The summed E-state index contributed by atoms with van der Waals surface area (Å²) in [5.41, 5.74) is -1.03. The van der Waals surface area contributed by atoms with Gasteiger partial charge < -0.3 is 4.84 Å². The number of halogens is 6. The van der Waals surface area contributed by atoms with E-state index in [-0.39, 0.29) is 17.2 Å². The molecule has 1 atom stereocenters. The van der Waals surface area contributed by atoms with E-state index < -0.39 is 31.8 Å². The maximum atomic E-state index is 13.2. The zero-order chi connectivity index (χ0) is 24.2. The summed E-state index contributed by atoms with van der Waals surface area (Å²) in [5.74, 6) is 0. The Morgan fingerprint density at radius 2 is 1.64 bits per heavy atom. The van der Waals surface area contributed by atoms with Crippen molar-refractivity contribution in [3.05, 3.63) is 92.7 Å². The summed E-state index contributed by atoms with van der Waals surface area (Å²) in [4.78, 5) is 8.75. The standard InChI is InChI=1S/C21H14Cl3F3N2O3S/c22-16-7-4-8-17(23)15(16)12-32-29-11-19(33(30,31)14-5-2-1-3-6-14)20-18(24)9-13(10-28-20)21(25,26)27/h1-11,19H,12H2/b29-11-/t19-/m1/s1. The van der Waals surface area contributed by atoms with E-state index in [1.807, 2.05) is 0 Å². The maximum Gasteiger partial charge on any atom is 0.417 e. The van der Waals surface area contributed by atoms with Crippen LogP contribution in [-0.4, -0.2) is 19.6 Å². The molecular weight excluding hydrogens is 524 g/mol. The van der Waals surface area contributed by atoms with Crippen LogP contribution < -0.4 is 0 Å². The second-order valence-electron chi connectivity index (χ2n) is 6.60. The Morgan fingerprint density at radius 3 is 2.21 bits per heavy atom. The fraction of sp³-hybridized carbons (Fsp3) is 0.143. The first-order valence-corrected chi connectivity index (χ1v) is 11.8. The Labute approximate surface area is 202 Å². The minimum Gasteiger partial charge on any atom is -0.391 e. The average molecular weight is 538 g/mol. The molecule has 0 N–H and O–H groups in total. The average Bonchev–Trinajstić information content (AvgIpc) is 2.76. The van der Waals surface area contributed by atoms with Gasteiger partial charge in [-0.15, -0.1) is 0 Å². The molecule has 0 saturated heterocycles. The van der Waals surface area contributed by atoms with Crippen molar-refractivity contribution in [1.82, 2.24) is 4.98 Å². The van der Waals surface area contributed by atoms with Crippen LogP contribution in [0.3, 0.4) is 0 Å². The molecule has 0 aliphatic heterocycles. The van der Waals surface area contributed by atoms with Crippen molar-refractivity contribution in [2.75, 3.05) is 0 Å². The van der Waals surface area contributed by atoms with Crippen molar-refractivity contribution in [2.45, 2.75) is 22.9 Å². The van der Waals surface area contributed by atoms with Gasteiger partial charge in [0.1, 0.15) is 11.9 Å².